The van der Waals surface area contributed by atoms with Crippen molar-refractivity contribution in [1.82, 2.24) is 4.90 Å². The molecule has 0 bridgehead atoms. The number of amides is 2. The third kappa shape index (κ3) is 6.71. The topological polar surface area (TPSA) is 49.9 Å². The molecule has 1 aliphatic rings. The molecule has 0 saturated carbocycles. The molecule has 0 spiro atoms. The van der Waals surface area contributed by atoms with Gasteiger partial charge in [-0.05, 0) is 73.6 Å². The van der Waals surface area contributed by atoms with Crippen LogP contribution in [0.15, 0.2) is 70.0 Å². The molecule has 9 heteroatoms. The fourth-order valence-corrected chi connectivity index (χ4v) is 5.45. The van der Waals surface area contributed by atoms with Gasteiger partial charge in [0.1, 0.15) is 12.4 Å². The van der Waals surface area contributed by atoms with E-state index < -0.39 is 0 Å². The highest BCUT2D eigenvalue weighted by Crippen LogP contribution is 2.36. The number of rotatable bonds is 9. The molecule has 0 aliphatic carbocycles. The molecule has 1 fully saturated rings. The third-order valence-electron chi connectivity index (χ3n) is 5.94. The van der Waals surface area contributed by atoms with Gasteiger partial charge in [-0.15, -0.1) is 0 Å². The molecule has 0 N–H and O–H groups in total. The lowest BCUT2D eigenvalue weighted by molar-refractivity contribution is -0.123. The molecule has 4 rings (SSSR count). The molecular formula is C28H25BrCl2N2O3S. The first-order chi connectivity index (χ1) is 17.8. The Morgan fingerprint density at radius 1 is 1.00 bits per heavy atom. The molecule has 1 aliphatic heterocycles. The van der Waals surface area contributed by atoms with Gasteiger partial charge >= 0.3 is 0 Å². The highest BCUT2D eigenvalue weighted by molar-refractivity contribution is 9.10. The number of thioether (sulfide) groups is 1. The molecule has 3 aromatic rings. The molecule has 1 heterocycles. The van der Waals surface area contributed by atoms with Crippen LogP contribution < -0.4 is 9.64 Å². The van der Waals surface area contributed by atoms with Gasteiger partial charge in [0.15, 0.2) is 0 Å². The fraction of sp³-hybridized carbons (Fsp3) is 0.214. The summed E-state index contributed by atoms with van der Waals surface area (Å²) in [4.78, 5) is 29.7. The van der Waals surface area contributed by atoms with E-state index >= 15 is 0 Å². The van der Waals surface area contributed by atoms with Crippen LogP contribution in [0, 0.1) is 0 Å². The Balaban J connectivity index is 1.62. The van der Waals surface area contributed by atoms with Gasteiger partial charge in [0, 0.05) is 50.5 Å². The summed E-state index contributed by atoms with van der Waals surface area (Å²) in [7, 11) is 0. The van der Waals surface area contributed by atoms with E-state index in [-0.39, 0.29) is 24.3 Å². The minimum Gasteiger partial charge on any atom is -0.488 e. The van der Waals surface area contributed by atoms with Crippen molar-refractivity contribution >= 4 is 73.8 Å². The van der Waals surface area contributed by atoms with E-state index in [4.69, 9.17) is 27.9 Å². The first kappa shape index (κ1) is 27.6. The van der Waals surface area contributed by atoms with Crippen molar-refractivity contribution in [2.45, 2.75) is 27.0 Å². The van der Waals surface area contributed by atoms with E-state index in [1.807, 2.05) is 48.5 Å². The van der Waals surface area contributed by atoms with Crippen molar-refractivity contribution in [3.05, 3.63) is 96.8 Å². The maximum absolute atomic E-state index is 13.2. The molecule has 37 heavy (non-hydrogen) atoms. The number of nitrogens with zero attached hydrogens (tertiary/aromatic N) is 2. The minimum absolute atomic E-state index is 0.217. The molecule has 3 aromatic carbocycles. The van der Waals surface area contributed by atoms with Crippen molar-refractivity contribution in [2.24, 2.45) is 0 Å². The summed E-state index contributed by atoms with van der Waals surface area (Å²) in [5.41, 5.74) is 3.37. The maximum atomic E-state index is 13.2. The van der Waals surface area contributed by atoms with Crippen molar-refractivity contribution < 1.29 is 14.3 Å². The van der Waals surface area contributed by atoms with Crippen molar-refractivity contribution in [3.8, 4) is 5.75 Å². The Bertz CT molecular complexity index is 1340. The number of ether oxygens (including phenoxy) is 1. The van der Waals surface area contributed by atoms with E-state index in [0.29, 0.717) is 26.3 Å². The summed E-state index contributed by atoms with van der Waals surface area (Å²) in [6.07, 6.45) is 1.72. The molecule has 0 aromatic heterocycles. The first-order valence-electron chi connectivity index (χ1n) is 11.7. The monoisotopic (exact) mass is 618 g/mol. The number of benzene rings is 3. The van der Waals surface area contributed by atoms with Crippen LogP contribution in [0.3, 0.4) is 0 Å². The van der Waals surface area contributed by atoms with Crippen LogP contribution in [0.1, 0.15) is 30.5 Å². The molecular weight excluding hydrogens is 595 g/mol. The minimum atomic E-state index is -0.322. The second-order valence-corrected chi connectivity index (χ2v) is 11.1. The average Bonchev–Trinajstić information content (AvgIpc) is 3.14. The van der Waals surface area contributed by atoms with Crippen LogP contribution >= 0.6 is 50.9 Å². The predicted octanol–water partition coefficient (Wildman–Crippen LogP) is 8.42. The number of anilines is 1. The fourth-order valence-electron chi connectivity index (χ4n) is 3.90. The number of carbonyl (C=O) groups excluding carboxylic acids is 2. The number of hydrogen-bond donors (Lipinski definition) is 0. The Labute approximate surface area is 239 Å². The van der Waals surface area contributed by atoms with Crippen LogP contribution in [0.5, 0.6) is 5.75 Å². The van der Waals surface area contributed by atoms with Gasteiger partial charge in [0.25, 0.3) is 11.1 Å². The van der Waals surface area contributed by atoms with Crippen molar-refractivity contribution in [1.29, 1.82) is 0 Å². The lowest BCUT2D eigenvalue weighted by Gasteiger charge is -2.22. The van der Waals surface area contributed by atoms with Crippen LogP contribution in [0.4, 0.5) is 10.5 Å². The van der Waals surface area contributed by atoms with Gasteiger partial charge in [-0.25, -0.2) is 0 Å². The second kappa shape index (κ2) is 12.4. The zero-order valence-electron chi connectivity index (χ0n) is 20.3. The zero-order chi connectivity index (χ0) is 26.5. The van der Waals surface area contributed by atoms with Gasteiger partial charge < -0.3 is 9.64 Å². The molecule has 192 valence electrons. The molecule has 0 unspecified atom stereocenters. The third-order valence-corrected chi connectivity index (χ3v) is 7.96. The number of hydrogen-bond acceptors (Lipinski definition) is 5. The van der Waals surface area contributed by atoms with E-state index in [2.05, 4.69) is 34.7 Å². The molecule has 0 atom stereocenters. The van der Waals surface area contributed by atoms with E-state index in [1.54, 1.807) is 18.2 Å². The summed E-state index contributed by atoms with van der Waals surface area (Å²) in [6.45, 7) is 6.30. The van der Waals surface area contributed by atoms with Crippen molar-refractivity contribution in [3.63, 3.8) is 0 Å². The van der Waals surface area contributed by atoms with Crippen LogP contribution in [-0.4, -0.2) is 29.1 Å². The highest BCUT2D eigenvalue weighted by atomic mass is 79.9. The Hall–Kier alpha value is -2.45. The van der Waals surface area contributed by atoms with Gasteiger partial charge in [-0.2, -0.15) is 0 Å². The summed E-state index contributed by atoms with van der Waals surface area (Å²) in [6, 6.07) is 18.7. The second-order valence-electron chi connectivity index (χ2n) is 8.31. The summed E-state index contributed by atoms with van der Waals surface area (Å²) >= 11 is 16.7. The van der Waals surface area contributed by atoms with Crippen molar-refractivity contribution in [2.75, 3.05) is 18.0 Å². The Kier molecular flexibility index (Phi) is 9.24. The van der Waals surface area contributed by atoms with E-state index in [9.17, 15) is 9.59 Å². The van der Waals surface area contributed by atoms with E-state index in [1.165, 1.54) is 4.90 Å². The number of carbonyl (C=O) groups is 2. The SMILES string of the molecule is CCN(CC)c1ccc(/C=C2\SC(=O)N(Cc3ccc(Br)cc3)C2=O)c(OCc2ccc(Cl)cc2Cl)c1. The Morgan fingerprint density at radius 2 is 1.73 bits per heavy atom. The van der Waals surface area contributed by atoms with Crippen LogP contribution in [0.2, 0.25) is 10.0 Å². The van der Waals surface area contributed by atoms with Gasteiger partial charge in [-0.1, -0.05) is 57.3 Å². The summed E-state index contributed by atoms with van der Waals surface area (Å²) in [5, 5.41) is 0.772. The molecule has 0 radical (unpaired) electrons. The standard InChI is InChI=1S/C28H25BrCl2N2O3S/c1-3-32(4-2)23-12-8-19(25(15-23)36-17-20-7-11-22(30)14-24(20)31)13-26-27(34)33(28(35)37-26)16-18-5-9-21(29)10-6-18/h5-15H,3-4,16-17H2,1-2H3/b26-13-. The number of imide groups is 1. The smallest absolute Gasteiger partial charge is 0.293 e. The zero-order valence-corrected chi connectivity index (χ0v) is 24.3. The molecule has 1 saturated heterocycles. The normalized spacial score (nSPS) is 14.5. The van der Waals surface area contributed by atoms with Gasteiger partial charge in [0.2, 0.25) is 0 Å². The summed E-state index contributed by atoms with van der Waals surface area (Å²) in [5.74, 6) is 0.271. The Morgan fingerprint density at radius 3 is 2.41 bits per heavy atom. The lowest BCUT2D eigenvalue weighted by Crippen LogP contribution is -2.27. The average molecular weight is 620 g/mol. The molecule has 2 amide bonds. The maximum Gasteiger partial charge on any atom is 0.293 e. The lowest BCUT2D eigenvalue weighted by atomic mass is 10.1. The quantitative estimate of drug-likeness (QED) is 0.225. The van der Waals surface area contributed by atoms with E-state index in [0.717, 1.165) is 46.1 Å². The number of halogens is 3. The molecule has 5 nitrogen and oxygen atoms in total. The van der Waals surface area contributed by atoms with Crippen LogP contribution in [-0.2, 0) is 17.9 Å². The largest absolute Gasteiger partial charge is 0.488 e. The van der Waals surface area contributed by atoms with Gasteiger partial charge in [0.05, 0.1) is 11.4 Å². The highest BCUT2D eigenvalue weighted by Gasteiger charge is 2.35. The van der Waals surface area contributed by atoms with Gasteiger partial charge in [-0.3, -0.25) is 14.5 Å². The predicted molar refractivity (Wildman–Crippen MR) is 156 cm³/mol. The first-order valence-corrected chi connectivity index (χ1v) is 14.1. The summed E-state index contributed by atoms with van der Waals surface area (Å²) < 4.78 is 7.14. The van der Waals surface area contributed by atoms with Crippen LogP contribution in [0.25, 0.3) is 6.08 Å².